The number of pyridine rings is 1. The van der Waals surface area contributed by atoms with Crippen molar-refractivity contribution in [2.75, 3.05) is 19.6 Å². The van der Waals surface area contributed by atoms with Crippen molar-refractivity contribution in [2.45, 2.75) is 69.1 Å². The van der Waals surface area contributed by atoms with E-state index in [1.165, 1.54) is 12.8 Å². The first-order valence-corrected chi connectivity index (χ1v) is 11.8. The number of nitrogens with zero attached hydrogens (tertiary/aromatic N) is 2. The molecule has 3 fully saturated rings. The molecule has 0 aromatic carbocycles. The number of carboxylic acid groups (broad SMARTS) is 2. The van der Waals surface area contributed by atoms with Crippen molar-refractivity contribution in [3.8, 4) is 0 Å². The monoisotopic (exact) mass is 557 g/mol. The van der Waals surface area contributed by atoms with Gasteiger partial charge < -0.3 is 20.3 Å². The zero-order valence-corrected chi connectivity index (χ0v) is 20.2. The van der Waals surface area contributed by atoms with Crippen LogP contribution in [0, 0.1) is 5.92 Å². The number of ether oxygens (including phenoxy) is 1. The Kier molecular flexibility index (Phi) is 10.9. The predicted octanol–water partition coefficient (Wildman–Crippen LogP) is 3.39. The second-order valence-corrected chi connectivity index (χ2v) is 9.22. The minimum atomic E-state index is -5.08. The van der Waals surface area contributed by atoms with Gasteiger partial charge in [-0.1, -0.05) is 6.07 Å². The van der Waals surface area contributed by atoms with E-state index in [2.05, 4.69) is 21.3 Å². The number of rotatable bonds is 5. The number of hydrogen-bond acceptors (Lipinski definition) is 6. The second-order valence-electron chi connectivity index (χ2n) is 9.22. The van der Waals surface area contributed by atoms with Gasteiger partial charge in [-0.25, -0.2) is 9.59 Å². The maximum absolute atomic E-state index is 12.3. The van der Waals surface area contributed by atoms with Crippen molar-refractivity contribution in [1.82, 2.24) is 15.2 Å². The van der Waals surface area contributed by atoms with Gasteiger partial charge in [-0.2, -0.15) is 26.3 Å². The van der Waals surface area contributed by atoms with Crippen LogP contribution >= 0.6 is 0 Å². The third-order valence-electron chi connectivity index (χ3n) is 6.17. The molecule has 2 aliphatic heterocycles. The summed E-state index contributed by atoms with van der Waals surface area (Å²) in [6.45, 7) is 3.78. The van der Waals surface area contributed by atoms with Crippen LogP contribution in [0.4, 0.5) is 26.3 Å². The highest BCUT2D eigenvalue weighted by Crippen LogP contribution is 2.39. The Hall–Kier alpha value is -2.94. The summed E-state index contributed by atoms with van der Waals surface area (Å²) in [6, 6.07) is 6.07. The van der Waals surface area contributed by atoms with E-state index in [-0.39, 0.29) is 17.6 Å². The average molecular weight is 557 g/mol. The van der Waals surface area contributed by atoms with Crippen LogP contribution in [0.3, 0.4) is 0 Å². The topological polar surface area (TPSA) is 129 Å². The van der Waals surface area contributed by atoms with E-state index in [1.807, 2.05) is 18.3 Å². The molecule has 15 heteroatoms. The van der Waals surface area contributed by atoms with Crippen LogP contribution in [0.5, 0.6) is 0 Å². The number of aromatic nitrogens is 1. The Morgan fingerprint density at radius 3 is 1.97 bits per heavy atom. The largest absolute Gasteiger partial charge is 0.490 e. The molecule has 214 valence electrons. The molecule has 1 atom stereocenters. The number of carboxylic acids is 2. The fourth-order valence-corrected chi connectivity index (χ4v) is 3.89. The van der Waals surface area contributed by atoms with Crippen molar-refractivity contribution in [2.24, 2.45) is 5.92 Å². The number of alkyl halides is 6. The van der Waals surface area contributed by atoms with Gasteiger partial charge in [-0.3, -0.25) is 14.7 Å². The number of nitrogens with one attached hydrogen (secondary N) is 1. The summed E-state index contributed by atoms with van der Waals surface area (Å²) in [4.78, 5) is 36.9. The molecule has 1 amide bonds. The van der Waals surface area contributed by atoms with E-state index in [4.69, 9.17) is 24.5 Å². The lowest BCUT2D eigenvalue weighted by Gasteiger charge is -2.38. The van der Waals surface area contributed by atoms with Gasteiger partial charge in [0.1, 0.15) is 6.10 Å². The van der Waals surface area contributed by atoms with Gasteiger partial charge in [0.25, 0.3) is 0 Å². The molecule has 3 heterocycles. The Bertz CT molecular complexity index is 908. The molecule has 0 bridgehead atoms. The SMILES string of the molecule is O=C(NCC1CC1)C1CCC2(CCN(Cc3ccccn3)CC2)O1.O=C(O)C(F)(F)F.O=C(O)C(F)(F)F. The number of hydrogen-bond donors (Lipinski definition) is 3. The standard InChI is InChI=1S/C19H27N3O2.2C2HF3O2/c23-18(21-13-15-4-5-15)17-6-7-19(24-17)8-11-22(12-9-19)14-16-3-1-2-10-20-16;2*3-2(4,5)1(6)7/h1-3,10,15,17H,4-9,11-14H2,(H,21,23);2*(H,6,7). The normalized spacial score (nSPS) is 20.9. The summed E-state index contributed by atoms with van der Waals surface area (Å²) in [5.74, 6) is -4.69. The van der Waals surface area contributed by atoms with Gasteiger partial charge in [-0.15, -0.1) is 0 Å². The molecule has 1 saturated carbocycles. The highest BCUT2D eigenvalue weighted by atomic mass is 19.4. The average Bonchev–Trinajstić information content (AvgIpc) is 3.58. The molecule has 3 N–H and O–H groups in total. The Labute approximate surface area is 214 Å². The number of aliphatic carboxylic acids is 2. The molecule has 1 aromatic rings. The van der Waals surface area contributed by atoms with E-state index >= 15 is 0 Å². The minimum absolute atomic E-state index is 0.0673. The third kappa shape index (κ3) is 10.8. The van der Waals surface area contributed by atoms with Crippen molar-refractivity contribution < 1.29 is 55.7 Å². The second kappa shape index (κ2) is 13.2. The van der Waals surface area contributed by atoms with Crippen LogP contribution in [-0.2, 0) is 25.7 Å². The van der Waals surface area contributed by atoms with Crippen LogP contribution in [0.2, 0.25) is 0 Å². The first kappa shape index (κ1) is 31.3. The summed E-state index contributed by atoms with van der Waals surface area (Å²) in [5.41, 5.74) is 1.06. The van der Waals surface area contributed by atoms with Crippen LogP contribution < -0.4 is 5.32 Å². The van der Waals surface area contributed by atoms with Crippen LogP contribution in [0.25, 0.3) is 0 Å². The maximum atomic E-state index is 12.3. The molecule has 2 saturated heterocycles. The Morgan fingerprint density at radius 2 is 1.53 bits per heavy atom. The number of amides is 1. The summed E-state index contributed by atoms with van der Waals surface area (Å²) >= 11 is 0. The number of carbonyl (C=O) groups is 3. The predicted molar refractivity (Wildman–Crippen MR) is 119 cm³/mol. The molecule has 1 unspecified atom stereocenters. The van der Waals surface area contributed by atoms with Gasteiger partial charge in [0.15, 0.2) is 0 Å². The van der Waals surface area contributed by atoms with E-state index in [0.29, 0.717) is 0 Å². The molecule has 9 nitrogen and oxygen atoms in total. The van der Waals surface area contributed by atoms with Crippen molar-refractivity contribution in [3.63, 3.8) is 0 Å². The first-order chi connectivity index (χ1) is 17.6. The molecule has 38 heavy (non-hydrogen) atoms. The molecule has 1 spiro atoms. The fourth-order valence-electron chi connectivity index (χ4n) is 3.89. The van der Waals surface area contributed by atoms with Gasteiger partial charge in [-0.05, 0) is 56.6 Å². The van der Waals surface area contributed by atoms with E-state index < -0.39 is 24.3 Å². The zero-order valence-electron chi connectivity index (χ0n) is 20.2. The van der Waals surface area contributed by atoms with Gasteiger partial charge >= 0.3 is 24.3 Å². The smallest absolute Gasteiger partial charge is 0.475 e. The lowest BCUT2D eigenvalue weighted by atomic mass is 9.88. The minimum Gasteiger partial charge on any atom is -0.475 e. The van der Waals surface area contributed by atoms with Gasteiger partial charge in [0.2, 0.25) is 5.91 Å². The van der Waals surface area contributed by atoms with Crippen molar-refractivity contribution in [3.05, 3.63) is 30.1 Å². The molecule has 4 rings (SSSR count). The summed E-state index contributed by atoms with van der Waals surface area (Å²) in [5, 5.41) is 17.3. The number of piperidine rings is 1. The van der Waals surface area contributed by atoms with E-state index in [0.717, 1.165) is 63.5 Å². The van der Waals surface area contributed by atoms with Gasteiger partial charge in [0.05, 0.1) is 11.3 Å². The summed E-state index contributed by atoms with van der Waals surface area (Å²) in [7, 11) is 0. The fraction of sp³-hybridized carbons (Fsp3) is 0.652. The molecule has 1 aromatic heterocycles. The van der Waals surface area contributed by atoms with Gasteiger partial charge in [0, 0.05) is 32.4 Å². The quantitative estimate of drug-likeness (QED) is 0.470. The lowest BCUT2D eigenvalue weighted by Crippen LogP contribution is -2.45. The van der Waals surface area contributed by atoms with Crippen LogP contribution in [-0.4, -0.2) is 81.6 Å². The summed E-state index contributed by atoms with van der Waals surface area (Å²) in [6.07, 6.45) is -2.08. The van der Waals surface area contributed by atoms with Crippen LogP contribution in [0.1, 0.15) is 44.2 Å². The molecule has 1 aliphatic carbocycles. The highest BCUT2D eigenvalue weighted by Gasteiger charge is 2.45. The Balaban J connectivity index is 0.000000301. The van der Waals surface area contributed by atoms with E-state index in [1.54, 1.807) is 0 Å². The summed E-state index contributed by atoms with van der Waals surface area (Å²) < 4.78 is 69.7. The third-order valence-corrected chi connectivity index (χ3v) is 6.17. The number of carbonyl (C=O) groups excluding carboxylic acids is 1. The van der Waals surface area contributed by atoms with Crippen LogP contribution in [0.15, 0.2) is 24.4 Å². The lowest BCUT2D eigenvalue weighted by molar-refractivity contribution is -0.193. The highest BCUT2D eigenvalue weighted by molar-refractivity contribution is 5.81. The number of likely N-dealkylation sites (tertiary alicyclic amines) is 1. The zero-order chi connectivity index (χ0) is 28.6. The van der Waals surface area contributed by atoms with E-state index in [9.17, 15) is 31.1 Å². The van der Waals surface area contributed by atoms with Crippen molar-refractivity contribution in [1.29, 1.82) is 0 Å². The molecule has 3 aliphatic rings. The molecule has 0 radical (unpaired) electrons. The number of halogens is 6. The maximum Gasteiger partial charge on any atom is 0.490 e. The Morgan fingerprint density at radius 1 is 0.974 bits per heavy atom. The molecular weight excluding hydrogens is 528 g/mol. The molecular formula is C23H29F6N3O6. The van der Waals surface area contributed by atoms with Crippen molar-refractivity contribution >= 4 is 17.8 Å². The first-order valence-electron chi connectivity index (χ1n) is 11.8.